The lowest BCUT2D eigenvalue weighted by Crippen LogP contribution is -2.34. The van der Waals surface area contributed by atoms with E-state index in [1.54, 1.807) is 12.4 Å². The Hall–Kier alpha value is -1.03. The number of anilines is 1. The first kappa shape index (κ1) is 11.5. The van der Waals surface area contributed by atoms with Crippen LogP contribution in [0.25, 0.3) is 0 Å². The Balaban J connectivity index is 2.05. The van der Waals surface area contributed by atoms with Crippen molar-refractivity contribution in [2.24, 2.45) is 0 Å². The highest BCUT2D eigenvalue weighted by Crippen LogP contribution is 2.21. The molecule has 0 aliphatic carbocycles. The predicted molar refractivity (Wildman–Crippen MR) is 64.3 cm³/mol. The van der Waals surface area contributed by atoms with Crippen molar-refractivity contribution >= 4 is 17.4 Å². The van der Waals surface area contributed by atoms with Gasteiger partial charge in [-0.2, -0.15) is 4.98 Å². The minimum Gasteiger partial charge on any atom is -0.477 e. The van der Waals surface area contributed by atoms with E-state index in [9.17, 15) is 0 Å². The number of nitrogens with zero attached hydrogens (tertiary/aromatic N) is 3. The lowest BCUT2D eigenvalue weighted by atomic mass is 10.1. The monoisotopic (exact) mass is 241 g/mol. The molecule has 1 aromatic rings. The van der Waals surface area contributed by atoms with E-state index in [1.807, 2.05) is 6.92 Å². The molecule has 2 heterocycles. The molecule has 0 spiro atoms. The number of alkyl halides is 1. The van der Waals surface area contributed by atoms with E-state index in [0.717, 1.165) is 31.7 Å². The van der Waals surface area contributed by atoms with Gasteiger partial charge in [0.15, 0.2) is 5.82 Å². The van der Waals surface area contributed by atoms with Gasteiger partial charge in [0.25, 0.3) is 0 Å². The molecule has 1 fully saturated rings. The summed E-state index contributed by atoms with van der Waals surface area (Å²) in [6.45, 7) is 4.44. The van der Waals surface area contributed by atoms with Crippen LogP contribution in [0.2, 0.25) is 0 Å². The van der Waals surface area contributed by atoms with Crippen LogP contribution in [0, 0.1) is 0 Å². The fourth-order valence-corrected chi connectivity index (χ4v) is 1.98. The van der Waals surface area contributed by atoms with Crippen LogP contribution in [0.15, 0.2) is 12.4 Å². The Morgan fingerprint density at radius 2 is 2.19 bits per heavy atom. The maximum atomic E-state index is 6.06. The predicted octanol–water partition coefficient (Wildman–Crippen LogP) is 2.08. The van der Waals surface area contributed by atoms with Gasteiger partial charge in [0.05, 0.1) is 19.0 Å². The third-order valence-corrected chi connectivity index (χ3v) is 3.08. The normalized spacial score (nSPS) is 17.5. The van der Waals surface area contributed by atoms with E-state index < -0.39 is 0 Å². The van der Waals surface area contributed by atoms with Gasteiger partial charge in [0.1, 0.15) is 0 Å². The van der Waals surface area contributed by atoms with Gasteiger partial charge in [-0.3, -0.25) is 4.98 Å². The molecule has 0 bridgehead atoms. The van der Waals surface area contributed by atoms with Crippen LogP contribution in [-0.2, 0) is 0 Å². The van der Waals surface area contributed by atoms with Crippen molar-refractivity contribution in [3.8, 4) is 5.88 Å². The van der Waals surface area contributed by atoms with Crippen LogP contribution in [0.3, 0.4) is 0 Å². The van der Waals surface area contributed by atoms with E-state index in [2.05, 4.69) is 14.9 Å². The molecule has 2 rings (SSSR count). The van der Waals surface area contributed by atoms with Crippen LogP contribution >= 0.6 is 11.6 Å². The minimum atomic E-state index is 0.305. The van der Waals surface area contributed by atoms with Crippen molar-refractivity contribution in [3.05, 3.63) is 12.4 Å². The molecule has 16 heavy (non-hydrogen) atoms. The molecule has 88 valence electrons. The van der Waals surface area contributed by atoms with Gasteiger partial charge in [0, 0.05) is 18.5 Å². The van der Waals surface area contributed by atoms with Gasteiger partial charge in [-0.15, -0.1) is 11.6 Å². The van der Waals surface area contributed by atoms with Crippen molar-refractivity contribution in [1.82, 2.24) is 9.97 Å². The molecule has 5 heteroatoms. The fourth-order valence-electron chi connectivity index (χ4n) is 1.79. The molecule has 0 N–H and O–H groups in total. The number of hydrogen-bond acceptors (Lipinski definition) is 4. The highest BCUT2D eigenvalue weighted by Gasteiger charge is 2.18. The molecule has 0 unspecified atom stereocenters. The zero-order chi connectivity index (χ0) is 11.4. The van der Waals surface area contributed by atoms with E-state index in [0.29, 0.717) is 17.9 Å². The lowest BCUT2D eigenvalue weighted by molar-refractivity contribution is 0.325. The maximum Gasteiger partial charge on any atom is 0.234 e. The van der Waals surface area contributed by atoms with Crippen LogP contribution in [-0.4, -0.2) is 35.0 Å². The number of halogens is 1. The largest absolute Gasteiger partial charge is 0.477 e. The number of rotatable bonds is 3. The average Bonchev–Trinajstić information content (AvgIpc) is 2.31. The van der Waals surface area contributed by atoms with Crippen LogP contribution in [0.1, 0.15) is 19.8 Å². The number of hydrogen-bond donors (Lipinski definition) is 0. The first-order valence-corrected chi connectivity index (χ1v) is 6.07. The average molecular weight is 242 g/mol. The fraction of sp³-hybridized carbons (Fsp3) is 0.636. The van der Waals surface area contributed by atoms with Gasteiger partial charge >= 0.3 is 0 Å². The second-order valence-electron chi connectivity index (χ2n) is 3.81. The minimum absolute atomic E-state index is 0.305. The second kappa shape index (κ2) is 5.34. The zero-order valence-corrected chi connectivity index (χ0v) is 10.2. The highest BCUT2D eigenvalue weighted by molar-refractivity contribution is 6.20. The summed E-state index contributed by atoms with van der Waals surface area (Å²) in [4.78, 5) is 10.7. The molecule has 1 aliphatic heterocycles. The Morgan fingerprint density at radius 3 is 2.88 bits per heavy atom. The summed E-state index contributed by atoms with van der Waals surface area (Å²) >= 11 is 6.06. The third kappa shape index (κ3) is 2.76. The Bertz CT molecular complexity index is 340. The van der Waals surface area contributed by atoms with Crippen LogP contribution < -0.4 is 9.64 Å². The first-order valence-electron chi connectivity index (χ1n) is 5.63. The molecule has 1 aromatic heterocycles. The molecule has 0 amide bonds. The van der Waals surface area contributed by atoms with E-state index in [4.69, 9.17) is 16.3 Å². The molecule has 0 radical (unpaired) electrons. The molecular formula is C11H16ClN3O. The second-order valence-corrected chi connectivity index (χ2v) is 4.43. The van der Waals surface area contributed by atoms with Crippen LogP contribution in [0.4, 0.5) is 5.82 Å². The molecule has 0 atom stereocenters. The standard InChI is InChI=1S/C11H16ClN3O/c1-2-16-11-8-13-7-10(14-11)15-5-3-9(12)4-6-15/h7-9H,2-6H2,1H3. The van der Waals surface area contributed by atoms with Crippen molar-refractivity contribution < 1.29 is 4.74 Å². The summed E-state index contributed by atoms with van der Waals surface area (Å²) in [5, 5.41) is 0.305. The Morgan fingerprint density at radius 1 is 1.44 bits per heavy atom. The summed E-state index contributed by atoms with van der Waals surface area (Å²) < 4.78 is 5.33. The molecule has 0 aromatic carbocycles. The van der Waals surface area contributed by atoms with E-state index in [1.165, 1.54) is 0 Å². The summed E-state index contributed by atoms with van der Waals surface area (Å²) in [5.41, 5.74) is 0. The number of aromatic nitrogens is 2. The zero-order valence-electron chi connectivity index (χ0n) is 9.40. The van der Waals surface area contributed by atoms with Crippen LogP contribution in [0.5, 0.6) is 5.88 Å². The Kier molecular flexibility index (Phi) is 3.83. The van der Waals surface area contributed by atoms with Crippen molar-refractivity contribution in [1.29, 1.82) is 0 Å². The SMILES string of the molecule is CCOc1cncc(N2CCC(Cl)CC2)n1. The highest BCUT2D eigenvalue weighted by atomic mass is 35.5. The van der Waals surface area contributed by atoms with E-state index in [-0.39, 0.29) is 0 Å². The molecule has 4 nitrogen and oxygen atoms in total. The third-order valence-electron chi connectivity index (χ3n) is 2.64. The van der Waals surface area contributed by atoms with Crippen molar-refractivity contribution in [2.75, 3.05) is 24.6 Å². The summed E-state index contributed by atoms with van der Waals surface area (Å²) in [6.07, 6.45) is 5.42. The molecule has 1 saturated heterocycles. The van der Waals surface area contributed by atoms with Gasteiger partial charge in [-0.05, 0) is 19.8 Å². The quantitative estimate of drug-likeness (QED) is 0.760. The molecule has 1 aliphatic rings. The summed E-state index contributed by atoms with van der Waals surface area (Å²) in [7, 11) is 0. The van der Waals surface area contributed by atoms with Gasteiger partial charge in [-0.1, -0.05) is 0 Å². The summed E-state index contributed by atoms with van der Waals surface area (Å²) in [6, 6.07) is 0. The van der Waals surface area contributed by atoms with Crippen molar-refractivity contribution in [2.45, 2.75) is 25.1 Å². The Labute approximate surface area is 101 Å². The van der Waals surface area contributed by atoms with Gasteiger partial charge in [-0.25, -0.2) is 0 Å². The molecule has 0 saturated carbocycles. The number of ether oxygens (including phenoxy) is 1. The maximum absolute atomic E-state index is 6.06. The van der Waals surface area contributed by atoms with Gasteiger partial charge < -0.3 is 9.64 Å². The summed E-state index contributed by atoms with van der Waals surface area (Å²) in [5.74, 6) is 1.47. The van der Waals surface area contributed by atoms with E-state index >= 15 is 0 Å². The topological polar surface area (TPSA) is 38.2 Å². The smallest absolute Gasteiger partial charge is 0.234 e. The number of piperidine rings is 1. The lowest BCUT2D eigenvalue weighted by Gasteiger charge is -2.29. The van der Waals surface area contributed by atoms with Gasteiger partial charge in [0.2, 0.25) is 5.88 Å². The molecular weight excluding hydrogens is 226 g/mol. The first-order chi connectivity index (χ1) is 7.79. The van der Waals surface area contributed by atoms with Crippen molar-refractivity contribution in [3.63, 3.8) is 0 Å².